The average molecular weight is 239 g/mol. The largest absolute Gasteiger partial charge is 0.479 e. The second-order valence-corrected chi connectivity index (χ2v) is 4.27. The number of benzene rings is 1. The quantitative estimate of drug-likeness (QED) is 0.810. The minimum absolute atomic E-state index is 0. The third-order valence-electron chi connectivity index (χ3n) is 3.01. The number of amidine groups is 1. The minimum atomic E-state index is -0.278. The van der Waals surface area contributed by atoms with Crippen LogP contribution in [0.15, 0.2) is 29.3 Å². The highest BCUT2D eigenvalue weighted by Gasteiger charge is 2.40. The van der Waals surface area contributed by atoms with Crippen molar-refractivity contribution in [2.45, 2.75) is 18.9 Å². The van der Waals surface area contributed by atoms with Gasteiger partial charge in [-0.1, -0.05) is 18.2 Å². The number of nitrogens with zero attached hydrogens (tertiary/aromatic N) is 1. The molecule has 0 bridgehead atoms. The molecule has 86 valence electrons. The lowest BCUT2D eigenvalue weighted by atomic mass is 9.98. The Bertz CT molecular complexity index is 406. The number of aliphatic imine (C=N–C) groups is 1. The average Bonchev–Trinajstić information content (AvgIpc) is 2.83. The van der Waals surface area contributed by atoms with Crippen molar-refractivity contribution in [3.8, 4) is 5.75 Å². The van der Waals surface area contributed by atoms with Crippen molar-refractivity contribution in [3.05, 3.63) is 29.8 Å². The summed E-state index contributed by atoms with van der Waals surface area (Å²) in [6.07, 6.45) is 0.912. The van der Waals surface area contributed by atoms with E-state index in [0.29, 0.717) is 0 Å². The zero-order valence-corrected chi connectivity index (χ0v) is 10.0. The number of hydrogen-bond acceptors (Lipinski definition) is 3. The molecule has 0 aromatic heterocycles. The van der Waals surface area contributed by atoms with Crippen LogP contribution in [-0.4, -0.2) is 24.5 Å². The number of fused-ring (bicyclic) bond motifs is 1. The molecule has 3 nitrogen and oxygen atoms in total. The van der Waals surface area contributed by atoms with E-state index in [1.54, 1.807) is 0 Å². The lowest BCUT2D eigenvalue weighted by Crippen LogP contribution is -2.46. The van der Waals surface area contributed by atoms with Crippen LogP contribution in [0.1, 0.15) is 12.5 Å². The first-order valence-corrected chi connectivity index (χ1v) is 5.34. The van der Waals surface area contributed by atoms with Gasteiger partial charge in [0.15, 0.2) is 5.60 Å². The lowest BCUT2D eigenvalue weighted by Gasteiger charge is -2.24. The molecule has 1 aromatic rings. The van der Waals surface area contributed by atoms with Crippen LogP contribution >= 0.6 is 12.4 Å². The number of nitrogens with one attached hydrogen (secondary N) is 1. The van der Waals surface area contributed by atoms with E-state index in [9.17, 15) is 0 Å². The van der Waals surface area contributed by atoms with Crippen LogP contribution in [0.3, 0.4) is 0 Å². The summed E-state index contributed by atoms with van der Waals surface area (Å²) in [4.78, 5) is 4.45. The van der Waals surface area contributed by atoms with Gasteiger partial charge in [-0.2, -0.15) is 0 Å². The van der Waals surface area contributed by atoms with Gasteiger partial charge >= 0.3 is 0 Å². The Kier molecular flexibility index (Phi) is 2.80. The molecule has 0 saturated carbocycles. The number of hydrogen-bond donors (Lipinski definition) is 1. The first-order valence-electron chi connectivity index (χ1n) is 5.34. The Morgan fingerprint density at radius 2 is 2.19 bits per heavy atom. The Balaban J connectivity index is 0.000000963. The molecule has 2 aliphatic heterocycles. The molecule has 0 fully saturated rings. The van der Waals surface area contributed by atoms with Gasteiger partial charge in [0, 0.05) is 13.0 Å². The number of ether oxygens (including phenoxy) is 1. The fraction of sp³-hybridized carbons (Fsp3) is 0.417. The third-order valence-corrected chi connectivity index (χ3v) is 3.01. The number of halogens is 1. The van der Waals surface area contributed by atoms with Gasteiger partial charge in [0.1, 0.15) is 11.6 Å². The van der Waals surface area contributed by atoms with E-state index < -0.39 is 0 Å². The summed E-state index contributed by atoms with van der Waals surface area (Å²) in [5.41, 5.74) is 0.997. The summed E-state index contributed by atoms with van der Waals surface area (Å²) in [6, 6.07) is 8.21. The van der Waals surface area contributed by atoms with Crippen LogP contribution < -0.4 is 10.1 Å². The number of para-hydroxylation sites is 1. The second kappa shape index (κ2) is 3.98. The van der Waals surface area contributed by atoms with Gasteiger partial charge < -0.3 is 10.1 Å². The molecule has 0 saturated heterocycles. The third kappa shape index (κ3) is 1.65. The van der Waals surface area contributed by atoms with Crippen molar-refractivity contribution in [1.29, 1.82) is 0 Å². The van der Waals surface area contributed by atoms with Gasteiger partial charge in [0.25, 0.3) is 0 Å². The Morgan fingerprint density at radius 3 is 2.88 bits per heavy atom. The fourth-order valence-electron chi connectivity index (χ4n) is 2.28. The van der Waals surface area contributed by atoms with Crippen LogP contribution in [0.5, 0.6) is 5.75 Å². The van der Waals surface area contributed by atoms with E-state index >= 15 is 0 Å². The number of rotatable bonds is 1. The van der Waals surface area contributed by atoms with E-state index in [4.69, 9.17) is 4.74 Å². The zero-order valence-electron chi connectivity index (χ0n) is 9.19. The minimum Gasteiger partial charge on any atom is -0.479 e. The maximum Gasteiger partial charge on any atom is 0.167 e. The molecule has 0 amide bonds. The van der Waals surface area contributed by atoms with E-state index in [0.717, 1.165) is 31.1 Å². The predicted molar refractivity (Wildman–Crippen MR) is 66.7 cm³/mol. The SMILES string of the molecule is CC1(C2=NCCN2)Cc2ccccc2O1.Cl. The van der Waals surface area contributed by atoms with E-state index in [1.807, 2.05) is 12.1 Å². The summed E-state index contributed by atoms with van der Waals surface area (Å²) in [5, 5.41) is 3.30. The molecule has 4 heteroatoms. The first kappa shape index (κ1) is 11.3. The highest BCUT2D eigenvalue weighted by molar-refractivity contribution is 5.92. The first-order chi connectivity index (χ1) is 7.28. The van der Waals surface area contributed by atoms with Crippen LogP contribution in [0, 0.1) is 0 Å². The van der Waals surface area contributed by atoms with Crippen molar-refractivity contribution in [2.75, 3.05) is 13.1 Å². The molecule has 1 atom stereocenters. The molecule has 3 rings (SSSR count). The van der Waals surface area contributed by atoms with E-state index in [1.165, 1.54) is 5.56 Å². The highest BCUT2D eigenvalue weighted by Crippen LogP contribution is 2.35. The second-order valence-electron chi connectivity index (χ2n) is 4.27. The summed E-state index contributed by atoms with van der Waals surface area (Å²) in [6.45, 7) is 3.90. The Hall–Kier alpha value is -1.22. The standard InChI is InChI=1S/C12H14N2O.ClH/c1-12(11-13-6-7-14-11)8-9-4-2-3-5-10(9)15-12;/h2-5H,6-8H2,1H3,(H,13,14);1H. The molecule has 0 aliphatic carbocycles. The van der Waals surface area contributed by atoms with Crippen molar-refractivity contribution in [3.63, 3.8) is 0 Å². The highest BCUT2D eigenvalue weighted by atomic mass is 35.5. The molecule has 1 N–H and O–H groups in total. The normalized spacial score (nSPS) is 26.2. The molecule has 2 aliphatic rings. The molecular formula is C12H15ClN2O. The Labute approximate surface area is 101 Å². The lowest BCUT2D eigenvalue weighted by molar-refractivity contribution is 0.189. The van der Waals surface area contributed by atoms with Crippen molar-refractivity contribution < 1.29 is 4.74 Å². The molecule has 0 radical (unpaired) electrons. The molecule has 2 heterocycles. The maximum atomic E-state index is 5.99. The molecule has 0 spiro atoms. The molecule has 1 unspecified atom stereocenters. The molecule has 1 aromatic carbocycles. The summed E-state index contributed by atoms with van der Waals surface area (Å²) in [5.74, 6) is 2.00. The molecular weight excluding hydrogens is 224 g/mol. The van der Waals surface area contributed by atoms with Gasteiger partial charge in [-0.15, -0.1) is 12.4 Å². The van der Waals surface area contributed by atoms with E-state index in [2.05, 4.69) is 29.4 Å². The van der Waals surface area contributed by atoms with Gasteiger partial charge in [-0.25, -0.2) is 0 Å². The topological polar surface area (TPSA) is 33.6 Å². The molecule has 16 heavy (non-hydrogen) atoms. The summed E-state index contributed by atoms with van der Waals surface area (Å²) >= 11 is 0. The van der Waals surface area contributed by atoms with E-state index in [-0.39, 0.29) is 18.0 Å². The summed E-state index contributed by atoms with van der Waals surface area (Å²) < 4.78 is 5.99. The monoisotopic (exact) mass is 238 g/mol. The van der Waals surface area contributed by atoms with Crippen molar-refractivity contribution in [2.24, 2.45) is 4.99 Å². The van der Waals surface area contributed by atoms with Crippen LogP contribution in [-0.2, 0) is 6.42 Å². The van der Waals surface area contributed by atoms with Gasteiger partial charge in [-0.05, 0) is 18.6 Å². The smallest absolute Gasteiger partial charge is 0.167 e. The predicted octanol–water partition coefficient (Wildman–Crippen LogP) is 1.80. The Morgan fingerprint density at radius 1 is 1.38 bits per heavy atom. The van der Waals surface area contributed by atoms with Crippen LogP contribution in [0.2, 0.25) is 0 Å². The van der Waals surface area contributed by atoms with Crippen LogP contribution in [0.4, 0.5) is 0 Å². The summed E-state index contributed by atoms with van der Waals surface area (Å²) in [7, 11) is 0. The fourth-order valence-corrected chi connectivity index (χ4v) is 2.28. The van der Waals surface area contributed by atoms with Crippen LogP contribution in [0.25, 0.3) is 0 Å². The van der Waals surface area contributed by atoms with Crippen molar-refractivity contribution in [1.82, 2.24) is 5.32 Å². The zero-order chi connectivity index (χ0) is 10.3. The maximum absolute atomic E-state index is 5.99. The van der Waals surface area contributed by atoms with Crippen molar-refractivity contribution >= 4 is 18.2 Å². The van der Waals surface area contributed by atoms with Gasteiger partial charge in [-0.3, -0.25) is 4.99 Å². The van der Waals surface area contributed by atoms with Gasteiger partial charge in [0.05, 0.1) is 6.54 Å². The van der Waals surface area contributed by atoms with Gasteiger partial charge in [0.2, 0.25) is 0 Å².